The molecule has 244 valence electrons. The van der Waals surface area contributed by atoms with Crippen molar-refractivity contribution in [3.8, 4) is 0 Å². The molecule has 14 heteroatoms. The van der Waals surface area contributed by atoms with E-state index in [0.717, 1.165) is 44.7 Å². The average molecular weight is 625 g/mol. The van der Waals surface area contributed by atoms with Crippen LogP contribution in [0.25, 0.3) is 0 Å². The number of ether oxygens (including phenoxy) is 3. The summed E-state index contributed by atoms with van der Waals surface area (Å²) in [7, 11) is 1.67. The number of carbonyl (C=O) groups is 2. The van der Waals surface area contributed by atoms with Crippen LogP contribution in [0.15, 0.2) is 12.3 Å². The van der Waals surface area contributed by atoms with Crippen LogP contribution in [-0.4, -0.2) is 129 Å². The first-order valence-corrected chi connectivity index (χ1v) is 15.7. The third-order valence-electron chi connectivity index (χ3n) is 10.1. The Morgan fingerprint density at radius 3 is 2.75 bits per heavy atom. The van der Waals surface area contributed by atoms with Crippen LogP contribution in [-0.2, 0) is 38.1 Å². The predicted octanol–water partition coefficient (Wildman–Crippen LogP) is 1.50. The summed E-state index contributed by atoms with van der Waals surface area (Å²) >= 11 is 0. The van der Waals surface area contributed by atoms with Gasteiger partial charge in [-0.05, 0) is 36.8 Å². The highest BCUT2D eigenvalue weighted by molar-refractivity contribution is 5.86. The summed E-state index contributed by atoms with van der Waals surface area (Å²) in [6.45, 7) is 6.63. The van der Waals surface area contributed by atoms with E-state index in [0.29, 0.717) is 70.2 Å². The number of fused-ring (bicyclic) bond motifs is 2. The summed E-state index contributed by atoms with van der Waals surface area (Å²) < 4.78 is 57.0. The molecule has 44 heavy (non-hydrogen) atoms. The largest absolute Gasteiger partial charge is 0.417 e. The number of urea groups is 1. The van der Waals surface area contributed by atoms with Crippen molar-refractivity contribution < 1.29 is 37.0 Å². The summed E-state index contributed by atoms with van der Waals surface area (Å²) in [5.41, 5.74) is -0.600. The lowest BCUT2D eigenvalue weighted by Gasteiger charge is -2.37. The number of aromatic nitrogens is 1. The quantitative estimate of drug-likeness (QED) is 0.470. The Kier molecular flexibility index (Phi) is 9.35. The Balaban J connectivity index is 1.17. The molecule has 5 aliphatic rings. The summed E-state index contributed by atoms with van der Waals surface area (Å²) in [4.78, 5) is 37.6. The molecule has 11 nitrogen and oxygen atoms in total. The lowest BCUT2D eigenvalue weighted by molar-refractivity contribution is -0.143. The van der Waals surface area contributed by atoms with Gasteiger partial charge in [-0.2, -0.15) is 13.2 Å². The molecule has 6 rings (SSSR count). The van der Waals surface area contributed by atoms with E-state index in [-0.39, 0.29) is 49.1 Å². The number of morpholine rings is 1. The average Bonchev–Trinajstić information content (AvgIpc) is 3.55. The summed E-state index contributed by atoms with van der Waals surface area (Å²) in [5.74, 6) is -0.159. The van der Waals surface area contributed by atoms with Gasteiger partial charge in [-0.15, -0.1) is 0 Å². The molecule has 5 atom stereocenters. The lowest BCUT2D eigenvalue weighted by Crippen LogP contribution is -2.53. The van der Waals surface area contributed by atoms with Crippen LogP contribution in [0.2, 0.25) is 0 Å². The van der Waals surface area contributed by atoms with Gasteiger partial charge in [0.25, 0.3) is 0 Å². The topological polar surface area (TPSA) is 108 Å². The second-order valence-corrected chi connectivity index (χ2v) is 12.8. The number of carbonyl (C=O) groups excluding carboxylic acids is 2. The van der Waals surface area contributed by atoms with Crippen LogP contribution in [0.4, 0.5) is 18.0 Å². The maximum atomic E-state index is 14.5. The van der Waals surface area contributed by atoms with Gasteiger partial charge in [0.1, 0.15) is 0 Å². The van der Waals surface area contributed by atoms with E-state index in [1.807, 2.05) is 0 Å². The molecule has 4 aliphatic heterocycles. The monoisotopic (exact) mass is 624 g/mol. The molecule has 4 fully saturated rings. The molecular weight excluding hydrogens is 581 g/mol. The molecular formula is C30H43F3N6O5. The molecule has 1 aromatic heterocycles. The van der Waals surface area contributed by atoms with Crippen molar-refractivity contribution in [2.24, 2.45) is 11.3 Å². The summed E-state index contributed by atoms with van der Waals surface area (Å²) in [6.07, 6.45) is -1.26. The number of halogens is 3. The highest BCUT2D eigenvalue weighted by Gasteiger charge is 2.60. The van der Waals surface area contributed by atoms with Crippen LogP contribution in [0.3, 0.4) is 0 Å². The van der Waals surface area contributed by atoms with Crippen LogP contribution in [0, 0.1) is 11.3 Å². The minimum Gasteiger partial charge on any atom is -0.379 e. The van der Waals surface area contributed by atoms with Gasteiger partial charge in [0.05, 0.1) is 36.9 Å². The maximum Gasteiger partial charge on any atom is 0.417 e. The number of methoxy groups -OCH3 is 1. The third-order valence-corrected chi connectivity index (χ3v) is 10.1. The zero-order chi connectivity index (χ0) is 30.9. The van der Waals surface area contributed by atoms with E-state index in [1.165, 1.54) is 0 Å². The first kappa shape index (κ1) is 31.5. The van der Waals surface area contributed by atoms with Gasteiger partial charge >= 0.3 is 12.2 Å². The van der Waals surface area contributed by atoms with Crippen LogP contribution in [0.5, 0.6) is 0 Å². The van der Waals surface area contributed by atoms with Gasteiger partial charge in [0, 0.05) is 96.5 Å². The molecule has 0 spiro atoms. The van der Waals surface area contributed by atoms with Gasteiger partial charge in [-0.3, -0.25) is 14.7 Å². The van der Waals surface area contributed by atoms with Gasteiger partial charge in [0.15, 0.2) is 0 Å². The smallest absolute Gasteiger partial charge is 0.379 e. The molecule has 0 unspecified atom stereocenters. The predicted molar refractivity (Wildman–Crippen MR) is 153 cm³/mol. The number of rotatable bonds is 7. The number of nitrogens with one attached hydrogen (secondary N) is 2. The van der Waals surface area contributed by atoms with Crippen molar-refractivity contribution in [2.75, 3.05) is 79.4 Å². The van der Waals surface area contributed by atoms with Crippen molar-refractivity contribution >= 4 is 11.9 Å². The zero-order valence-electron chi connectivity index (χ0n) is 25.2. The van der Waals surface area contributed by atoms with Gasteiger partial charge in [0.2, 0.25) is 5.91 Å². The van der Waals surface area contributed by atoms with E-state index < -0.39 is 17.2 Å². The molecule has 3 amide bonds. The number of hydrogen-bond acceptors (Lipinski definition) is 8. The third kappa shape index (κ3) is 6.55. The molecule has 1 saturated carbocycles. The van der Waals surface area contributed by atoms with E-state index in [9.17, 15) is 22.8 Å². The standard InChI is InChI=1S/C30H43F3N6O5/c1-42-26-18-44-9-3-25(26)36-23-13-22-17-39(28(41)34-4-6-37-7-10-43-11-8-37)19-29(22,14-23)27(40)38-5-2-24-20(16-38)12-21(15-35-24)30(31,32)33/h12,15,22-23,25-26,36H,2-11,13-14,16-19H2,1H3,(H,34,41)/t22-,23+,25-,26+,29-/m0/s1. The number of amides is 3. The second-order valence-electron chi connectivity index (χ2n) is 12.8. The van der Waals surface area contributed by atoms with Crippen LogP contribution < -0.4 is 10.6 Å². The molecule has 5 heterocycles. The highest BCUT2D eigenvalue weighted by Crippen LogP contribution is 2.50. The second kappa shape index (κ2) is 13.1. The Morgan fingerprint density at radius 1 is 1.16 bits per heavy atom. The number of alkyl halides is 3. The molecule has 3 saturated heterocycles. The molecule has 0 aromatic carbocycles. The van der Waals surface area contributed by atoms with Crippen molar-refractivity contribution in [3.63, 3.8) is 0 Å². The Bertz CT molecular complexity index is 1200. The summed E-state index contributed by atoms with van der Waals surface area (Å²) in [6, 6.07) is 1.08. The number of likely N-dealkylation sites (tertiary alicyclic amines) is 1. The van der Waals surface area contributed by atoms with Crippen LogP contribution >= 0.6 is 0 Å². The van der Waals surface area contributed by atoms with Gasteiger partial charge < -0.3 is 34.6 Å². The molecule has 0 bridgehead atoms. The lowest BCUT2D eigenvalue weighted by atomic mass is 9.78. The first-order chi connectivity index (χ1) is 21.2. The van der Waals surface area contributed by atoms with E-state index in [4.69, 9.17) is 14.2 Å². The molecule has 0 radical (unpaired) electrons. The fourth-order valence-corrected chi connectivity index (χ4v) is 7.75. The highest BCUT2D eigenvalue weighted by atomic mass is 19.4. The van der Waals surface area contributed by atoms with Crippen molar-refractivity contribution in [1.82, 2.24) is 30.3 Å². The fraction of sp³-hybridized carbons (Fsp3) is 0.767. The van der Waals surface area contributed by atoms with Crippen LogP contribution in [0.1, 0.15) is 36.1 Å². The number of hydrogen-bond donors (Lipinski definition) is 2. The van der Waals surface area contributed by atoms with Crippen molar-refractivity contribution in [3.05, 3.63) is 29.1 Å². The van der Waals surface area contributed by atoms with Gasteiger partial charge in [-0.25, -0.2) is 4.79 Å². The Labute approximate surface area is 255 Å². The number of pyridine rings is 1. The normalized spacial score (nSPS) is 31.1. The minimum atomic E-state index is -4.51. The minimum absolute atomic E-state index is 0.0480. The molecule has 1 aromatic rings. The fourth-order valence-electron chi connectivity index (χ4n) is 7.75. The zero-order valence-corrected chi connectivity index (χ0v) is 25.2. The number of nitrogens with zero attached hydrogens (tertiary/aromatic N) is 4. The first-order valence-electron chi connectivity index (χ1n) is 15.7. The van der Waals surface area contributed by atoms with E-state index in [1.54, 1.807) is 16.9 Å². The maximum absolute atomic E-state index is 14.5. The van der Waals surface area contributed by atoms with Gasteiger partial charge in [-0.1, -0.05) is 0 Å². The van der Waals surface area contributed by atoms with Crippen molar-refractivity contribution in [1.29, 1.82) is 0 Å². The Morgan fingerprint density at radius 2 is 1.98 bits per heavy atom. The Hall–Kier alpha value is -2.52. The van der Waals surface area contributed by atoms with Crippen molar-refractivity contribution in [2.45, 2.75) is 56.6 Å². The van der Waals surface area contributed by atoms with E-state index in [2.05, 4.69) is 20.5 Å². The molecule has 2 N–H and O–H groups in total. The summed E-state index contributed by atoms with van der Waals surface area (Å²) in [5, 5.41) is 6.78. The molecule has 1 aliphatic carbocycles. The SMILES string of the molecule is CO[C@@H]1COCC[C@@H]1N[C@@H]1C[C@H]2CN(C(=O)NCCN3CCOCC3)C[C@@]2(C(=O)N2CCc3ncc(C(F)(F)F)cc3C2)C1. The van der Waals surface area contributed by atoms with E-state index >= 15 is 0 Å².